The van der Waals surface area contributed by atoms with E-state index in [1.54, 1.807) is 35.7 Å². The standard InChI is InChI=1S/C20H17FN2OS/c21-18-7-2-1-5-16(18)8-9-19(24)22-11-10-15-4-3-6-17(14-15)20-23-12-13-25-20/h1-9,12-14H,10-11H2,(H,22,24). The molecule has 1 aromatic heterocycles. The van der Waals surface area contributed by atoms with Crippen LogP contribution in [0.1, 0.15) is 11.1 Å². The van der Waals surface area contributed by atoms with E-state index in [4.69, 9.17) is 0 Å². The van der Waals surface area contributed by atoms with Crippen molar-refractivity contribution in [1.82, 2.24) is 10.3 Å². The van der Waals surface area contributed by atoms with Crippen molar-refractivity contribution in [1.29, 1.82) is 0 Å². The minimum atomic E-state index is -0.342. The number of hydrogen-bond acceptors (Lipinski definition) is 3. The van der Waals surface area contributed by atoms with Gasteiger partial charge in [0.1, 0.15) is 10.8 Å². The third kappa shape index (κ3) is 4.84. The van der Waals surface area contributed by atoms with Gasteiger partial charge >= 0.3 is 0 Å². The lowest BCUT2D eigenvalue weighted by atomic mass is 10.1. The Balaban J connectivity index is 1.52. The summed E-state index contributed by atoms with van der Waals surface area (Å²) >= 11 is 1.60. The van der Waals surface area contributed by atoms with Gasteiger partial charge in [-0.25, -0.2) is 9.37 Å². The number of thiazole rings is 1. The monoisotopic (exact) mass is 352 g/mol. The summed E-state index contributed by atoms with van der Waals surface area (Å²) in [5, 5.41) is 5.75. The van der Waals surface area contributed by atoms with Gasteiger partial charge in [0.15, 0.2) is 0 Å². The van der Waals surface area contributed by atoms with Crippen LogP contribution in [0.15, 0.2) is 66.2 Å². The van der Waals surface area contributed by atoms with Crippen LogP contribution in [0, 0.1) is 5.82 Å². The lowest BCUT2D eigenvalue weighted by Crippen LogP contribution is -2.23. The van der Waals surface area contributed by atoms with E-state index in [1.165, 1.54) is 18.2 Å². The van der Waals surface area contributed by atoms with Crippen molar-refractivity contribution in [3.05, 3.63) is 83.1 Å². The lowest BCUT2D eigenvalue weighted by Gasteiger charge is -2.05. The Kier molecular flexibility index (Phi) is 5.69. The second-order valence-electron chi connectivity index (χ2n) is 5.43. The molecule has 1 amide bonds. The molecule has 2 aromatic carbocycles. The van der Waals surface area contributed by atoms with Crippen molar-refractivity contribution in [2.75, 3.05) is 6.54 Å². The number of benzene rings is 2. The molecule has 0 spiro atoms. The Bertz CT molecular complexity index is 875. The highest BCUT2D eigenvalue weighted by Crippen LogP contribution is 2.22. The molecule has 1 N–H and O–H groups in total. The molecule has 0 atom stereocenters. The molecule has 0 fully saturated rings. The Morgan fingerprint density at radius 1 is 1.20 bits per heavy atom. The number of nitrogens with one attached hydrogen (secondary N) is 1. The molecule has 0 unspecified atom stereocenters. The molecule has 3 rings (SSSR count). The van der Waals surface area contributed by atoms with E-state index < -0.39 is 0 Å². The minimum Gasteiger partial charge on any atom is -0.352 e. The van der Waals surface area contributed by atoms with Crippen LogP contribution >= 0.6 is 11.3 Å². The summed E-state index contributed by atoms with van der Waals surface area (Å²) < 4.78 is 13.5. The predicted octanol–water partition coefficient (Wildman–Crippen LogP) is 4.32. The molecule has 5 heteroatoms. The molecule has 0 radical (unpaired) electrons. The molecule has 0 aliphatic heterocycles. The molecule has 0 aliphatic carbocycles. The number of aromatic nitrogens is 1. The highest BCUT2D eigenvalue weighted by atomic mass is 32.1. The van der Waals surface area contributed by atoms with Gasteiger partial charge in [-0.1, -0.05) is 36.4 Å². The Hall–Kier alpha value is -2.79. The van der Waals surface area contributed by atoms with Crippen LogP contribution in [0.4, 0.5) is 4.39 Å². The van der Waals surface area contributed by atoms with Gasteiger partial charge in [-0.05, 0) is 30.2 Å². The molecule has 0 saturated carbocycles. The van der Waals surface area contributed by atoms with E-state index in [1.807, 2.05) is 23.6 Å². The maximum Gasteiger partial charge on any atom is 0.244 e. The summed E-state index contributed by atoms with van der Waals surface area (Å²) in [6, 6.07) is 14.5. The maximum atomic E-state index is 13.5. The summed E-state index contributed by atoms with van der Waals surface area (Å²) in [5.74, 6) is -0.579. The van der Waals surface area contributed by atoms with E-state index >= 15 is 0 Å². The smallest absolute Gasteiger partial charge is 0.244 e. The van der Waals surface area contributed by atoms with Crippen molar-refractivity contribution in [3.63, 3.8) is 0 Å². The van der Waals surface area contributed by atoms with E-state index in [9.17, 15) is 9.18 Å². The van der Waals surface area contributed by atoms with E-state index in [2.05, 4.69) is 16.4 Å². The van der Waals surface area contributed by atoms with Crippen LogP contribution in [-0.2, 0) is 11.2 Å². The van der Waals surface area contributed by atoms with Gasteiger partial charge in [-0.3, -0.25) is 4.79 Å². The van der Waals surface area contributed by atoms with Crippen LogP contribution < -0.4 is 5.32 Å². The van der Waals surface area contributed by atoms with Crippen molar-refractivity contribution < 1.29 is 9.18 Å². The molecule has 126 valence electrons. The average Bonchev–Trinajstić information content (AvgIpc) is 3.16. The minimum absolute atomic E-state index is 0.237. The largest absolute Gasteiger partial charge is 0.352 e. The summed E-state index contributed by atoms with van der Waals surface area (Å²) in [7, 11) is 0. The zero-order valence-corrected chi connectivity index (χ0v) is 14.3. The fourth-order valence-electron chi connectivity index (χ4n) is 2.39. The molecule has 0 saturated heterocycles. The van der Waals surface area contributed by atoms with Crippen LogP contribution in [0.5, 0.6) is 0 Å². The highest BCUT2D eigenvalue weighted by Gasteiger charge is 2.03. The Morgan fingerprint density at radius 3 is 2.88 bits per heavy atom. The first-order valence-electron chi connectivity index (χ1n) is 7.91. The van der Waals surface area contributed by atoms with Crippen LogP contribution in [0.25, 0.3) is 16.6 Å². The van der Waals surface area contributed by atoms with Gasteiger partial charge in [0.05, 0.1) is 0 Å². The van der Waals surface area contributed by atoms with Crippen molar-refractivity contribution in [2.45, 2.75) is 6.42 Å². The second-order valence-corrected chi connectivity index (χ2v) is 6.33. The van der Waals surface area contributed by atoms with E-state index in [-0.39, 0.29) is 11.7 Å². The third-order valence-corrected chi connectivity index (χ3v) is 4.46. The van der Waals surface area contributed by atoms with Crippen LogP contribution in [0.3, 0.4) is 0 Å². The van der Waals surface area contributed by atoms with Crippen molar-refractivity contribution in [3.8, 4) is 10.6 Å². The number of nitrogens with zero attached hydrogens (tertiary/aromatic N) is 1. The van der Waals surface area contributed by atoms with Gasteiger partial charge in [-0.2, -0.15) is 0 Å². The summed E-state index contributed by atoms with van der Waals surface area (Å²) in [4.78, 5) is 16.1. The first-order valence-corrected chi connectivity index (χ1v) is 8.79. The summed E-state index contributed by atoms with van der Waals surface area (Å²) in [5.41, 5.74) is 2.61. The van der Waals surface area contributed by atoms with E-state index in [0.717, 1.165) is 22.6 Å². The van der Waals surface area contributed by atoms with Gasteiger partial charge in [0.2, 0.25) is 5.91 Å². The molecule has 0 aliphatic rings. The Labute approximate surface area is 149 Å². The van der Waals surface area contributed by atoms with Crippen LogP contribution in [-0.4, -0.2) is 17.4 Å². The summed E-state index contributed by atoms with van der Waals surface area (Å²) in [6.07, 6.45) is 5.34. The number of carbonyl (C=O) groups excluding carboxylic acids is 1. The second kappa shape index (κ2) is 8.35. The normalized spacial score (nSPS) is 10.9. The van der Waals surface area contributed by atoms with Crippen molar-refractivity contribution in [2.24, 2.45) is 0 Å². The first-order chi connectivity index (χ1) is 12.2. The number of hydrogen-bond donors (Lipinski definition) is 1. The first kappa shape index (κ1) is 17.0. The van der Waals surface area contributed by atoms with Crippen molar-refractivity contribution >= 4 is 23.3 Å². The number of amides is 1. The van der Waals surface area contributed by atoms with Gasteiger partial charge in [0.25, 0.3) is 0 Å². The summed E-state index contributed by atoms with van der Waals surface area (Å²) in [6.45, 7) is 0.516. The fourth-order valence-corrected chi connectivity index (χ4v) is 3.03. The molecule has 3 nitrogen and oxygen atoms in total. The molecule has 3 aromatic rings. The van der Waals surface area contributed by atoms with Gasteiger partial charge in [-0.15, -0.1) is 11.3 Å². The Morgan fingerprint density at radius 2 is 2.08 bits per heavy atom. The average molecular weight is 352 g/mol. The molecular weight excluding hydrogens is 335 g/mol. The van der Waals surface area contributed by atoms with Crippen LogP contribution in [0.2, 0.25) is 0 Å². The zero-order valence-electron chi connectivity index (χ0n) is 13.5. The maximum absolute atomic E-state index is 13.5. The fraction of sp³-hybridized carbons (Fsp3) is 0.100. The quantitative estimate of drug-likeness (QED) is 0.671. The highest BCUT2D eigenvalue weighted by molar-refractivity contribution is 7.13. The van der Waals surface area contributed by atoms with Gasteiger partial charge < -0.3 is 5.32 Å². The van der Waals surface area contributed by atoms with E-state index in [0.29, 0.717) is 12.1 Å². The lowest BCUT2D eigenvalue weighted by molar-refractivity contribution is -0.116. The molecular formula is C20H17FN2OS. The predicted molar refractivity (Wildman–Crippen MR) is 99.7 cm³/mol. The molecule has 1 heterocycles. The third-order valence-electron chi connectivity index (χ3n) is 3.64. The molecule has 25 heavy (non-hydrogen) atoms. The zero-order chi connectivity index (χ0) is 17.5. The number of carbonyl (C=O) groups is 1. The number of rotatable bonds is 6. The topological polar surface area (TPSA) is 42.0 Å². The molecule has 0 bridgehead atoms. The SMILES string of the molecule is O=C(C=Cc1ccccc1F)NCCc1cccc(-c2nccs2)c1. The van der Waals surface area contributed by atoms with Gasteiger partial charge in [0, 0.05) is 35.3 Å². The number of halogens is 1.